The molecule has 2 rings (SSSR count). The molecular weight excluding hydrogens is 340 g/mol. The van der Waals surface area contributed by atoms with Crippen LogP contribution in [0.2, 0.25) is 0 Å². The number of ether oxygens (including phenoxy) is 3. The molecule has 0 spiro atoms. The number of fused-ring (bicyclic) bond motifs is 1. The minimum absolute atomic E-state index is 0.0650. The quantitative estimate of drug-likeness (QED) is 0.465. The molecule has 0 radical (unpaired) electrons. The lowest BCUT2D eigenvalue weighted by molar-refractivity contribution is -0.144. The van der Waals surface area contributed by atoms with Gasteiger partial charge < -0.3 is 19.3 Å². The van der Waals surface area contributed by atoms with Gasteiger partial charge in [-0.3, -0.25) is 9.59 Å². The summed E-state index contributed by atoms with van der Waals surface area (Å²) in [6.45, 7) is 5.44. The summed E-state index contributed by atoms with van der Waals surface area (Å²) >= 11 is 0. The SMILES string of the molecule is CC(=O)OCC1=C2/C(=C\[C@](C)(O)CCC=C=C(C)[C@@H]2OC(C)=O)OC1=O. The van der Waals surface area contributed by atoms with Crippen molar-refractivity contribution < 1.29 is 33.7 Å². The van der Waals surface area contributed by atoms with Gasteiger partial charge in [-0.15, -0.1) is 5.73 Å². The zero-order valence-corrected chi connectivity index (χ0v) is 15.3. The molecule has 1 N–H and O–H groups in total. The van der Waals surface area contributed by atoms with Crippen molar-refractivity contribution in [1.82, 2.24) is 0 Å². The van der Waals surface area contributed by atoms with Crippen LogP contribution in [0.4, 0.5) is 0 Å². The maximum atomic E-state index is 12.3. The summed E-state index contributed by atoms with van der Waals surface area (Å²) < 4.78 is 15.6. The van der Waals surface area contributed by atoms with Crippen molar-refractivity contribution in [3.63, 3.8) is 0 Å². The molecule has 7 nitrogen and oxygen atoms in total. The Labute approximate surface area is 151 Å². The Morgan fingerprint density at radius 1 is 1.38 bits per heavy atom. The highest BCUT2D eigenvalue weighted by Crippen LogP contribution is 2.36. The van der Waals surface area contributed by atoms with Gasteiger partial charge in [0.2, 0.25) is 0 Å². The molecule has 1 heterocycles. The number of rotatable bonds is 3. The van der Waals surface area contributed by atoms with Gasteiger partial charge in [0.05, 0.1) is 16.7 Å². The van der Waals surface area contributed by atoms with Crippen molar-refractivity contribution in [3.05, 3.63) is 40.4 Å². The van der Waals surface area contributed by atoms with Gasteiger partial charge in [-0.25, -0.2) is 4.79 Å². The second-order valence-electron chi connectivity index (χ2n) is 6.49. The van der Waals surface area contributed by atoms with Gasteiger partial charge in [0.15, 0.2) is 6.10 Å². The summed E-state index contributed by atoms with van der Waals surface area (Å²) in [7, 11) is 0. The molecule has 0 fully saturated rings. The lowest BCUT2D eigenvalue weighted by Gasteiger charge is -2.23. The Hall–Kier alpha value is -2.63. The fourth-order valence-corrected chi connectivity index (χ4v) is 2.74. The predicted molar refractivity (Wildman–Crippen MR) is 90.5 cm³/mol. The van der Waals surface area contributed by atoms with E-state index in [-0.39, 0.29) is 23.5 Å². The largest absolute Gasteiger partial charge is 0.461 e. The van der Waals surface area contributed by atoms with E-state index in [0.717, 1.165) is 0 Å². The normalized spacial score (nSPS) is 27.7. The first-order chi connectivity index (χ1) is 12.1. The highest BCUT2D eigenvalue weighted by molar-refractivity contribution is 5.96. The first kappa shape index (κ1) is 19.7. The van der Waals surface area contributed by atoms with Crippen molar-refractivity contribution in [1.29, 1.82) is 0 Å². The lowest BCUT2D eigenvalue weighted by atomic mass is 9.91. The molecule has 26 heavy (non-hydrogen) atoms. The summed E-state index contributed by atoms with van der Waals surface area (Å²) in [5, 5.41) is 10.5. The van der Waals surface area contributed by atoms with Crippen LogP contribution < -0.4 is 0 Å². The zero-order valence-electron chi connectivity index (χ0n) is 15.3. The third-order valence-electron chi connectivity index (χ3n) is 3.97. The summed E-state index contributed by atoms with van der Waals surface area (Å²) in [5.41, 5.74) is 2.66. The topological polar surface area (TPSA) is 99.1 Å². The van der Waals surface area contributed by atoms with E-state index in [2.05, 4.69) is 5.73 Å². The van der Waals surface area contributed by atoms with E-state index < -0.39 is 29.6 Å². The second-order valence-corrected chi connectivity index (χ2v) is 6.49. The summed E-state index contributed by atoms with van der Waals surface area (Å²) in [6.07, 6.45) is 3.14. The highest BCUT2D eigenvalue weighted by Gasteiger charge is 2.39. The number of carbonyl (C=O) groups is 3. The molecule has 0 aromatic carbocycles. The summed E-state index contributed by atoms with van der Waals surface area (Å²) in [6, 6.07) is 0. The van der Waals surface area contributed by atoms with Crippen LogP contribution in [0.3, 0.4) is 0 Å². The lowest BCUT2D eigenvalue weighted by Crippen LogP contribution is -2.26. The fraction of sp³-hybridized carbons (Fsp3) is 0.474. The van der Waals surface area contributed by atoms with Crippen LogP contribution in [0.1, 0.15) is 40.5 Å². The molecule has 2 aliphatic rings. The van der Waals surface area contributed by atoms with E-state index >= 15 is 0 Å². The molecule has 0 aromatic rings. The standard InChI is InChI=1S/C19H22O7/c1-11-7-5-6-8-19(4,23)9-15-16(17(11)25-13(3)21)14(18(22)26-15)10-24-12(2)20/h5,9,17,23H,6,8,10H2,1-4H3/b15-9+/t7?,17-,19+/m0/s1. The summed E-state index contributed by atoms with van der Waals surface area (Å²) in [4.78, 5) is 35.1. The Balaban J connectivity index is 2.67. The average molecular weight is 362 g/mol. The summed E-state index contributed by atoms with van der Waals surface area (Å²) in [5.74, 6) is -1.74. The van der Waals surface area contributed by atoms with Crippen molar-refractivity contribution >= 4 is 17.9 Å². The molecule has 1 aliphatic heterocycles. The zero-order chi connectivity index (χ0) is 19.5. The third kappa shape index (κ3) is 4.71. The van der Waals surface area contributed by atoms with Gasteiger partial charge in [0.25, 0.3) is 0 Å². The number of esters is 3. The molecule has 0 saturated heterocycles. The molecule has 1 aliphatic carbocycles. The number of aliphatic hydroxyl groups is 1. The van der Waals surface area contributed by atoms with Crippen LogP contribution in [0.25, 0.3) is 0 Å². The minimum Gasteiger partial charge on any atom is -0.461 e. The molecule has 140 valence electrons. The molecule has 7 heteroatoms. The van der Waals surface area contributed by atoms with Gasteiger partial charge in [-0.05, 0) is 38.8 Å². The highest BCUT2D eigenvalue weighted by atomic mass is 16.6. The smallest absolute Gasteiger partial charge is 0.343 e. The van der Waals surface area contributed by atoms with E-state index in [1.54, 1.807) is 19.9 Å². The molecule has 0 aromatic heterocycles. The van der Waals surface area contributed by atoms with Crippen LogP contribution in [-0.2, 0) is 28.6 Å². The Morgan fingerprint density at radius 2 is 2.08 bits per heavy atom. The van der Waals surface area contributed by atoms with Crippen LogP contribution in [0.15, 0.2) is 40.4 Å². The van der Waals surface area contributed by atoms with Crippen LogP contribution in [-0.4, -0.2) is 41.3 Å². The molecule has 0 amide bonds. The van der Waals surface area contributed by atoms with Gasteiger partial charge in [0, 0.05) is 19.4 Å². The number of hydrogen-bond acceptors (Lipinski definition) is 7. The van der Waals surface area contributed by atoms with Gasteiger partial charge in [-0.2, -0.15) is 0 Å². The van der Waals surface area contributed by atoms with Crippen LogP contribution in [0, 0.1) is 0 Å². The van der Waals surface area contributed by atoms with Crippen LogP contribution in [0.5, 0.6) is 0 Å². The minimum atomic E-state index is -1.25. The van der Waals surface area contributed by atoms with Crippen LogP contribution >= 0.6 is 0 Å². The van der Waals surface area contributed by atoms with Crippen molar-refractivity contribution in [2.75, 3.05) is 6.61 Å². The number of carbonyl (C=O) groups excluding carboxylic acids is 3. The van der Waals surface area contributed by atoms with E-state index in [1.807, 2.05) is 0 Å². The maximum Gasteiger partial charge on any atom is 0.343 e. The van der Waals surface area contributed by atoms with E-state index in [1.165, 1.54) is 19.9 Å². The fourth-order valence-electron chi connectivity index (χ4n) is 2.74. The van der Waals surface area contributed by atoms with Crippen molar-refractivity contribution in [2.24, 2.45) is 0 Å². The van der Waals surface area contributed by atoms with Gasteiger partial charge >= 0.3 is 17.9 Å². The van der Waals surface area contributed by atoms with Gasteiger partial charge in [0.1, 0.15) is 12.4 Å². The molecular formula is C19H22O7. The predicted octanol–water partition coefficient (Wildman–Crippen LogP) is 1.86. The third-order valence-corrected chi connectivity index (χ3v) is 3.97. The molecule has 2 atom stereocenters. The molecule has 0 bridgehead atoms. The van der Waals surface area contributed by atoms with Crippen molar-refractivity contribution in [2.45, 2.75) is 52.2 Å². The average Bonchev–Trinajstić information content (AvgIpc) is 2.80. The number of hydrogen-bond donors (Lipinski definition) is 1. The Kier molecular flexibility index (Phi) is 5.85. The Bertz CT molecular complexity index is 761. The van der Waals surface area contributed by atoms with E-state index in [9.17, 15) is 19.5 Å². The van der Waals surface area contributed by atoms with Crippen molar-refractivity contribution in [3.8, 4) is 0 Å². The first-order valence-corrected chi connectivity index (χ1v) is 8.24. The Morgan fingerprint density at radius 3 is 2.69 bits per heavy atom. The van der Waals surface area contributed by atoms with E-state index in [0.29, 0.717) is 18.4 Å². The maximum absolute atomic E-state index is 12.3. The molecule has 0 saturated carbocycles. The first-order valence-electron chi connectivity index (χ1n) is 8.24. The monoisotopic (exact) mass is 362 g/mol. The van der Waals surface area contributed by atoms with Gasteiger partial charge in [-0.1, -0.05) is 0 Å². The van der Waals surface area contributed by atoms with E-state index in [4.69, 9.17) is 14.2 Å². The second kappa shape index (κ2) is 7.72. The molecule has 0 unspecified atom stereocenters.